The zero-order chi connectivity index (χ0) is 10.6. The lowest BCUT2D eigenvalue weighted by molar-refractivity contribution is -0.693. The van der Waals surface area contributed by atoms with E-state index >= 15 is 0 Å². The molecule has 0 aliphatic rings. The van der Waals surface area contributed by atoms with E-state index in [0.29, 0.717) is 5.92 Å². The second kappa shape index (κ2) is 5.15. The summed E-state index contributed by atoms with van der Waals surface area (Å²) in [4.78, 5) is 0. The van der Waals surface area contributed by atoms with Crippen LogP contribution in [0.1, 0.15) is 33.2 Å². The number of aliphatic hydroxyl groups is 1. The number of rotatable bonds is 5. The number of aromatic nitrogens is 2. The lowest BCUT2D eigenvalue weighted by atomic mass is 10.0. The van der Waals surface area contributed by atoms with Crippen molar-refractivity contribution in [1.82, 2.24) is 4.57 Å². The van der Waals surface area contributed by atoms with Crippen molar-refractivity contribution in [2.24, 2.45) is 5.92 Å². The van der Waals surface area contributed by atoms with Crippen LogP contribution in [0.4, 0.5) is 0 Å². The second-order valence-corrected chi connectivity index (χ2v) is 4.16. The van der Waals surface area contributed by atoms with Gasteiger partial charge in [-0.15, -0.1) is 0 Å². The summed E-state index contributed by atoms with van der Waals surface area (Å²) in [5.74, 6) is 0.615. The quantitative estimate of drug-likeness (QED) is 0.710. The molecule has 0 fully saturated rings. The van der Waals surface area contributed by atoms with E-state index < -0.39 is 0 Å². The van der Waals surface area contributed by atoms with E-state index in [0.717, 1.165) is 13.0 Å². The molecule has 0 aromatic carbocycles. The highest BCUT2D eigenvalue weighted by molar-refractivity contribution is 4.75. The summed E-state index contributed by atoms with van der Waals surface area (Å²) >= 11 is 0. The van der Waals surface area contributed by atoms with Crippen LogP contribution in [-0.2, 0) is 6.54 Å². The maximum absolute atomic E-state index is 9.28. The first-order chi connectivity index (χ1) is 6.67. The van der Waals surface area contributed by atoms with Crippen molar-refractivity contribution in [2.45, 2.75) is 39.8 Å². The monoisotopic (exact) mass is 197 g/mol. The third-order valence-corrected chi connectivity index (χ3v) is 2.45. The van der Waals surface area contributed by atoms with Crippen LogP contribution in [0.3, 0.4) is 0 Å². The number of nitrogens with zero attached hydrogens (tertiary/aromatic N) is 2. The van der Waals surface area contributed by atoms with Gasteiger partial charge >= 0.3 is 0 Å². The Morgan fingerprint density at radius 3 is 2.57 bits per heavy atom. The maximum atomic E-state index is 9.28. The fourth-order valence-electron chi connectivity index (χ4n) is 1.65. The Balaban J connectivity index is 2.68. The molecule has 1 heterocycles. The molecule has 0 saturated carbocycles. The smallest absolute Gasteiger partial charge is 0.244 e. The van der Waals surface area contributed by atoms with Gasteiger partial charge in [0.2, 0.25) is 6.33 Å². The Bertz CT molecular complexity index is 268. The molecule has 80 valence electrons. The molecule has 0 saturated heterocycles. The summed E-state index contributed by atoms with van der Waals surface area (Å²) < 4.78 is 4.21. The van der Waals surface area contributed by atoms with Crippen molar-refractivity contribution in [3.8, 4) is 0 Å². The van der Waals surface area contributed by atoms with Gasteiger partial charge in [-0.2, -0.15) is 0 Å². The summed E-state index contributed by atoms with van der Waals surface area (Å²) in [6, 6.07) is 0.225. The topological polar surface area (TPSA) is 29.0 Å². The van der Waals surface area contributed by atoms with E-state index in [1.807, 2.05) is 12.4 Å². The normalized spacial score (nSPS) is 13.5. The van der Waals surface area contributed by atoms with E-state index in [-0.39, 0.29) is 12.6 Å². The lowest BCUT2D eigenvalue weighted by Crippen LogP contribution is -2.29. The van der Waals surface area contributed by atoms with E-state index in [9.17, 15) is 5.11 Å². The van der Waals surface area contributed by atoms with Crippen molar-refractivity contribution >= 4 is 0 Å². The molecule has 0 aliphatic heterocycles. The van der Waals surface area contributed by atoms with Crippen LogP contribution in [-0.4, -0.2) is 16.3 Å². The standard InChI is InChI=1S/C11H21N2O/c1-4-12-5-6-13(9-12)11(8-14)7-10(2)3/h5-6,9-11,14H,4,7-8H2,1-3H3/q+1/t11-/m0/s1. The summed E-state index contributed by atoms with van der Waals surface area (Å²) in [6.45, 7) is 7.67. The van der Waals surface area contributed by atoms with Crippen LogP contribution < -0.4 is 4.57 Å². The van der Waals surface area contributed by atoms with Gasteiger partial charge in [0.05, 0.1) is 13.2 Å². The van der Waals surface area contributed by atoms with E-state index in [2.05, 4.69) is 36.2 Å². The molecule has 0 radical (unpaired) electrons. The first-order valence-electron chi connectivity index (χ1n) is 5.34. The Morgan fingerprint density at radius 1 is 1.43 bits per heavy atom. The van der Waals surface area contributed by atoms with Crippen molar-refractivity contribution < 1.29 is 9.67 Å². The highest BCUT2D eigenvalue weighted by atomic mass is 16.3. The fraction of sp³-hybridized carbons (Fsp3) is 0.727. The molecule has 1 aromatic heterocycles. The van der Waals surface area contributed by atoms with Crippen molar-refractivity contribution in [1.29, 1.82) is 0 Å². The molecular formula is C11H21N2O+. The number of hydrogen-bond acceptors (Lipinski definition) is 1. The van der Waals surface area contributed by atoms with E-state index in [4.69, 9.17) is 0 Å². The average Bonchev–Trinajstić information content (AvgIpc) is 2.62. The van der Waals surface area contributed by atoms with Crippen LogP contribution in [0.25, 0.3) is 0 Å². The van der Waals surface area contributed by atoms with Crippen molar-refractivity contribution in [3.63, 3.8) is 0 Å². The van der Waals surface area contributed by atoms with Crippen molar-refractivity contribution in [2.75, 3.05) is 6.61 Å². The molecule has 1 atom stereocenters. The summed E-state index contributed by atoms with van der Waals surface area (Å²) in [6.07, 6.45) is 7.16. The second-order valence-electron chi connectivity index (χ2n) is 4.16. The van der Waals surface area contributed by atoms with Gasteiger partial charge in [-0.3, -0.25) is 0 Å². The van der Waals surface area contributed by atoms with Crippen LogP contribution >= 0.6 is 0 Å². The minimum absolute atomic E-state index is 0.219. The minimum Gasteiger partial charge on any atom is -0.392 e. The fourth-order valence-corrected chi connectivity index (χ4v) is 1.65. The molecule has 1 rings (SSSR count). The van der Waals surface area contributed by atoms with Gasteiger partial charge in [0.1, 0.15) is 18.4 Å². The first-order valence-corrected chi connectivity index (χ1v) is 5.34. The van der Waals surface area contributed by atoms with Crippen LogP contribution in [0, 0.1) is 5.92 Å². The molecule has 3 nitrogen and oxygen atoms in total. The molecule has 1 aromatic rings. The Kier molecular flexibility index (Phi) is 4.14. The number of imidazole rings is 1. The molecule has 0 unspecified atom stereocenters. The Hall–Kier alpha value is -0.830. The van der Waals surface area contributed by atoms with Gasteiger partial charge in [-0.1, -0.05) is 13.8 Å². The van der Waals surface area contributed by atoms with Crippen LogP contribution in [0.5, 0.6) is 0 Å². The third-order valence-electron chi connectivity index (χ3n) is 2.45. The highest BCUT2D eigenvalue weighted by Gasteiger charge is 2.16. The average molecular weight is 197 g/mol. The van der Waals surface area contributed by atoms with Gasteiger partial charge in [0, 0.05) is 0 Å². The van der Waals surface area contributed by atoms with Crippen LogP contribution in [0.15, 0.2) is 18.7 Å². The van der Waals surface area contributed by atoms with E-state index in [1.54, 1.807) is 0 Å². The number of hydrogen-bond donors (Lipinski definition) is 1. The predicted octanol–water partition coefficient (Wildman–Crippen LogP) is 1.37. The molecular weight excluding hydrogens is 176 g/mol. The third kappa shape index (κ3) is 2.84. The Labute approximate surface area is 86.0 Å². The Morgan fingerprint density at radius 2 is 2.14 bits per heavy atom. The summed E-state index contributed by atoms with van der Waals surface area (Å²) in [5.41, 5.74) is 0. The zero-order valence-corrected chi connectivity index (χ0v) is 9.35. The van der Waals surface area contributed by atoms with E-state index in [1.165, 1.54) is 0 Å². The lowest BCUT2D eigenvalue weighted by Gasteiger charge is -2.12. The van der Waals surface area contributed by atoms with Gasteiger partial charge < -0.3 is 5.11 Å². The van der Waals surface area contributed by atoms with Gasteiger partial charge in [0.15, 0.2) is 0 Å². The first kappa shape index (κ1) is 11.2. The molecule has 1 N–H and O–H groups in total. The molecule has 0 aliphatic carbocycles. The molecule has 14 heavy (non-hydrogen) atoms. The predicted molar refractivity (Wildman–Crippen MR) is 55.9 cm³/mol. The van der Waals surface area contributed by atoms with Gasteiger partial charge in [-0.05, 0) is 19.3 Å². The zero-order valence-electron chi connectivity index (χ0n) is 9.35. The minimum atomic E-state index is 0.219. The largest absolute Gasteiger partial charge is 0.392 e. The molecule has 0 amide bonds. The summed E-state index contributed by atoms with van der Waals surface area (Å²) in [5, 5.41) is 9.28. The highest BCUT2D eigenvalue weighted by Crippen LogP contribution is 2.15. The SMILES string of the molecule is CC[n+]1ccn([C@H](CO)CC(C)C)c1. The van der Waals surface area contributed by atoms with Crippen LogP contribution in [0.2, 0.25) is 0 Å². The molecule has 0 bridgehead atoms. The van der Waals surface area contributed by atoms with Crippen molar-refractivity contribution in [3.05, 3.63) is 18.7 Å². The summed E-state index contributed by atoms with van der Waals surface area (Å²) in [7, 11) is 0. The van der Waals surface area contributed by atoms with Gasteiger partial charge in [-0.25, -0.2) is 9.13 Å². The number of aryl methyl sites for hydroxylation is 1. The molecule has 3 heteroatoms. The van der Waals surface area contributed by atoms with Gasteiger partial charge in [0.25, 0.3) is 0 Å². The molecule has 0 spiro atoms. The number of aliphatic hydroxyl groups excluding tert-OH is 1. The maximum Gasteiger partial charge on any atom is 0.244 e.